The molecule has 0 heterocycles. The Morgan fingerprint density at radius 3 is 2.33 bits per heavy atom. The van der Waals surface area contributed by atoms with Crippen LogP contribution in [0.2, 0.25) is 5.02 Å². The standard InChI is InChI=1S/C17H18ClNO2/c18-16-8-6-15(7-9-16)17(21)13-19(10-11-20)12-14-4-2-1-3-5-14/h1-9,20H,10-13H2. The molecule has 2 rings (SSSR count). The van der Waals surface area contributed by atoms with Gasteiger partial charge >= 0.3 is 0 Å². The van der Waals surface area contributed by atoms with Crippen LogP contribution in [0.25, 0.3) is 0 Å². The number of aliphatic hydroxyl groups is 1. The Hall–Kier alpha value is -1.68. The van der Waals surface area contributed by atoms with Crippen LogP contribution < -0.4 is 0 Å². The highest BCUT2D eigenvalue weighted by molar-refractivity contribution is 6.30. The molecule has 0 fully saturated rings. The van der Waals surface area contributed by atoms with E-state index < -0.39 is 0 Å². The smallest absolute Gasteiger partial charge is 0.176 e. The lowest BCUT2D eigenvalue weighted by Crippen LogP contribution is -2.32. The molecule has 0 saturated carbocycles. The van der Waals surface area contributed by atoms with E-state index in [1.54, 1.807) is 24.3 Å². The first-order chi connectivity index (χ1) is 10.2. The highest BCUT2D eigenvalue weighted by atomic mass is 35.5. The van der Waals surface area contributed by atoms with E-state index in [1.807, 2.05) is 35.2 Å². The molecular formula is C17H18ClNO2. The number of benzene rings is 2. The van der Waals surface area contributed by atoms with Crippen molar-refractivity contribution in [1.82, 2.24) is 4.90 Å². The number of carbonyl (C=O) groups is 1. The average molecular weight is 304 g/mol. The molecule has 0 aliphatic rings. The van der Waals surface area contributed by atoms with Crippen LogP contribution in [0.15, 0.2) is 54.6 Å². The molecule has 4 heteroatoms. The number of aliphatic hydroxyl groups excluding tert-OH is 1. The van der Waals surface area contributed by atoms with Crippen LogP contribution in [-0.2, 0) is 6.54 Å². The maximum absolute atomic E-state index is 12.3. The summed E-state index contributed by atoms with van der Waals surface area (Å²) in [5.41, 5.74) is 1.75. The lowest BCUT2D eigenvalue weighted by Gasteiger charge is -2.20. The normalized spacial score (nSPS) is 10.8. The van der Waals surface area contributed by atoms with Gasteiger partial charge in [-0.25, -0.2) is 0 Å². The van der Waals surface area contributed by atoms with E-state index in [0.29, 0.717) is 23.7 Å². The number of halogens is 1. The molecule has 0 aliphatic heterocycles. The molecule has 2 aromatic rings. The fourth-order valence-electron chi connectivity index (χ4n) is 2.13. The summed E-state index contributed by atoms with van der Waals surface area (Å²) in [4.78, 5) is 14.2. The van der Waals surface area contributed by atoms with Gasteiger partial charge in [-0.15, -0.1) is 0 Å². The van der Waals surface area contributed by atoms with E-state index in [1.165, 1.54) is 0 Å². The Morgan fingerprint density at radius 1 is 1.05 bits per heavy atom. The summed E-state index contributed by atoms with van der Waals surface area (Å²) >= 11 is 5.82. The molecule has 0 aromatic heterocycles. The third-order valence-electron chi connectivity index (χ3n) is 3.20. The second-order valence-electron chi connectivity index (χ2n) is 4.85. The lowest BCUT2D eigenvalue weighted by molar-refractivity contribution is 0.0908. The van der Waals surface area contributed by atoms with Crippen LogP contribution in [0.3, 0.4) is 0 Å². The van der Waals surface area contributed by atoms with Crippen LogP contribution >= 0.6 is 11.6 Å². The number of rotatable bonds is 7. The van der Waals surface area contributed by atoms with E-state index >= 15 is 0 Å². The van der Waals surface area contributed by atoms with Crippen molar-refractivity contribution in [1.29, 1.82) is 0 Å². The highest BCUT2D eigenvalue weighted by Gasteiger charge is 2.12. The maximum atomic E-state index is 12.3. The van der Waals surface area contributed by atoms with E-state index in [0.717, 1.165) is 5.56 Å². The molecule has 1 N–H and O–H groups in total. The third-order valence-corrected chi connectivity index (χ3v) is 3.45. The molecule has 0 saturated heterocycles. The first-order valence-electron chi connectivity index (χ1n) is 6.85. The van der Waals surface area contributed by atoms with Crippen LogP contribution in [0, 0.1) is 0 Å². The number of hydrogen-bond acceptors (Lipinski definition) is 3. The van der Waals surface area contributed by atoms with Crippen molar-refractivity contribution in [2.75, 3.05) is 19.7 Å². The zero-order chi connectivity index (χ0) is 15.1. The second kappa shape index (κ2) is 7.93. The summed E-state index contributed by atoms with van der Waals surface area (Å²) in [5, 5.41) is 9.78. The molecule has 0 radical (unpaired) electrons. The van der Waals surface area contributed by atoms with Gasteiger partial charge in [0.1, 0.15) is 0 Å². The maximum Gasteiger partial charge on any atom is 0.176 e. The minimum Gasteiger partial charge on any atom is -0.395 e. The average Bonchev–Trinajstić information content (AvgIpc) is 2.49. The number of Topliss-reactive ketones (excluding diaryl/α,β-unsaturated/α-hetero) is 1. The summed E-state index contributed by atoms with van der Waals surface area (Å²) in [7, 11) is 0. The minimum atomic E-state index is 0.0241. The molecule has 21 heavy (non-hydrogen) atoms. The molecule has 0 atom stereocenters. The van der Waals surface area contributed by atoms with Crippen LogP contribution in [0.5, 0.6) is 0 Å². The fraction of sp³-hybridized carbons (Fsp3) is 0.235. The molecular weight excluding hydrogens is 286 g/mol. The van der Waals surface area contributed by atoms with Gasteiger partial charge in [0.25, 0.3) is 0 Å². The first kappa shape index (κ1) is 15.7. The summed E-state index contributed by atoms with van der Waals surface area (Å²) in [6, 6.07) is 16.8. The summed E-state index contributed by atoms with van der Waals surface area (Å²) in [6.07, 6.45) is 0. The molecule has 0 bridgehead atoms. The number of ketones is 1. The van der Waals surface area contributed by atoms with Gasteiger partial charge in [0, 0.05) is 23.7 Å². The monoisotopic (exact) mass is 303 g/mol. The Balaban J connectivity index is 2.02. The van der Waals surface area contributed by atoms with Crippen molar-refractivity contribution >= 4 is 17.4 Å². The van der Waals surface area contributed by atoms with E-state index in [4.69, 9.17) is 16.7 Å². The van der Waals surface area contributed by atoms with E-state index in [2.05, 4.69) is 0 Å². The van der Waals surface area contributed by atoms with Crippen LogP contribution in [-0.4, -0.2) is 35.5 Å². The van der Waals surface area contributed by atoms with Gasteiger partial charge < -0.3 is 5.11 Å². The Bertz CT molecular complexity index is 569. The Morgan fingerprint density at radius 2 is 1.71 bits per heavy atom. The Labute approximate surface area is 129 Å². The molecule has 0 aliphatic carbocycles. The minimum absolute atomic E-state index is 0.0241. The third kappa shape index (κ3) is 4.97. The highest BCUT2D eigenvalue weighted by Crippen LogP contribution is 2.11. The largest absolute Gasteiger partial charge is 0.395 e. The van der Waals surface area contributed by atoms with Crippen molar-refractivity contribution in [3.8, 4) is 0 Å². The second-order valence-corrected chi connectivity index (χ2v) is 5.29. The van der Waals surface area contributed by atoms with Crippen molar-refractivity contribution in [3.63, 3.8) is 0 Å². The fourth-order valence-corrected chi connectivity index (χ4v) is 2.25. The first-order valence-corrected chi connectivity index (χ1v) is 7.23. The summed E-state index contributed by atoms with van der Waals surface area (Å²) < 4.78 is 0. The van der Waals surface area contributed by atoms with Gasteiger partial charge in [0.05, 0.1) is 13.2 Å². The summed E-state index contributed by atoms with van der Waals surface area (Å²) in [5.74, 6) is 0.0241. The molecule has 3 nitrogen and oxygen atoms in total. The van der Waals surface area contributed by atoms with Gasteiger partial charge in [-0.2, -0.15) is 0 Å². The predicted octanol–water partition coefficient (Wildman–Crippen LogP) is 3.02. The Kier molecular flexibility index (Phi) is 5.93. The molecule has 0 amide bonds. The van der Waals surface area contributed by atoms with Gasteiger partial charge in [-0.05, 0) is 29.8 Å². The number of hydrogen-bond donors (Lipinski definition) is 1. The van der Waals surface area contributed by atoms with Gasteiger partial charge in [0.2, 0.25) is 0 Å². The topological polar surface area (TPSA) is 40.5 Å². The van der Waals surface area contributed by atoms with E-state index in [9.17, 15) is 4.79 Å². The van der Waals surface area contributed by atoms with Crippen molar-refractivity contribution < 1.29 is 9.90 Å². The van der Waals surface area contributed by atoms with Crippen molar-refractivity contribution in [2.45, 2.75) is 6.54 Å². The quantitative estimate of drug-likeness (QED) is 0.799. The lowest BCUT2D eigenvalue weighted by atomic mass is 10.1. The van der Waals surface area contributed by atoms with Crippen molar-refractivity contribution in [2.24, 2.45) is 0 Å². The van der Waals surface area contributed by atoms with Crippen LogP contribution in [0.1, 0.15) is 15.9 Å². The molecule has 0 unspecified atom stereocenters. The zero-order valence-corrected chi connectivity index (χ0v) is 12.5. The molecule has 110 valence electrons. The van der Waals surface area contributed by atoms with Crippen LogP contribution in [0.4, 0.5) is 0 Å². The zero-order valence-electron chi connectivity index (χ0n) is 11.7. The predicted molar refractivity (Wildman–Crippen MR) is 84.6 cm³/mol. The number of nitrogens with zero attached hydrogens (tertiary/aromatic N) is 1. The molecule has 2 aromatic carbocycles. The molecule has 0 spiro atoms. The number of carbonyl (C=O) groups excluding carboxylic acids is 1. The van der Waals surface area contributed by atoms with Gasteiger partial charge in [0.15, 0.2) is 5.78 Å². The van der Waals surface area contributed by atoms with Gasteiger partial charge in [-0.3, -0.25) is 9.69 Å². The summed E-state index contributed by atoms with van der Waals surface area (Å²) in [6.45, 7) is 1.41. The SMILES string of the molecule is O=C(CN(CCO)Cc1ccccc1)c1ccc(Cl)cc1. The van der Waals surface area contributed by atoms with Gasteiger partial charge in [-0.1, -0.05) is 41.9 Å². The van der Waals surface area contributed by atoms with E-state index in [-0.39, 0.29) is 18.9 Å². The van der Waals surface area contributed by atoms with Crippen molar-refractivity contribution in [3.05, 3.63) is 70.7 Å².